The van der Waals surface area contributed by atoms with Gasteiger partial charge in [0.2, 0.25) is 0 Å². The standard InChI is InChI=1S/C87H170O17P2/c1-9-79(7)65-57-49-40-34-28-22-15-13-11-12-14-16-24-30-36-42-51-59-67-84(89)97-73-82(103-86(91)69-61-53-43-37-31-25-19-17-21-27-33-39-47-55-63-77(3)4)75-101-105(93,94)99-71-81(88)72-100-106(95,96)102-76-83(74-98-85(90)68-60-52-46-45-48-56-64-78(5)6)104-87(92)70-62-54-44-38-32-26-20-18-23-29-35-41-50-58-66-80(8)10-2/h77-83,88H,9-76H2,1-8H3,(H,93,94)(H,95,96)/t79?,80?,81-,82-,83-/m1/s1. The van der Waals surface area contributed by atoms with E-state index < -0.39 is 97.5 Å². The topological polar surface area (TPSA) is 237 Å². The van der Waals surface area contributed by atoms with Gasteiger partial charge in [-0.3, -0.25) is 37.3 Å². The lowest BCUT2D eigenvalue weighted by Crippen LogP contribution is -2.30. The highest BCUT2D eigenvalue weighted by Gasteiger charge is 2.31. The summed E-state index contributed by atoms with van der Waals surface area (Å²) in [5, 5.41) is 10.7. The Morgan fingerprint density at radius 3 is 0.670 bits per heavy atom. The highest BCUT2D eigenvalue weighted by molar-refractivity contribution is 7.47. The van der Waals surface area contributed by atoms with Crippen LogP contribution in [0.4, 0.5) is 0 Å². The molecule has 630 valence electrons. The summed E-state index contributed by atoms with van der Waals surface area (Å²) in [5.41, 5.74) is 0. The molecule has 0 heterocycles. The molecule has 0 aliphatic carbocycles. The number of unbranched alkanes of at least 4 members (excludes halogenated alkanes) is 48. The molecule has 19 heteroatoms. The van der Waals surface area contributed by atoms with Crippen LogP contribution in [0.15, 0.2) is 0 Å². The number of rotatable bonds is 84. The summed E-state index contributed by atoms with van der Waals surface area (Å²) in [7, 11) is -9.93. The van der Waals surface area contributed by atoms with E-state index in [0.29, 0.717) is 31.6 Å². The van der Waals surface area contributed by atoms with Gasteiger partial charge in [-0.15, -0.1) is 0 Å². The van der Waals surface area contributed by atoms with Gasteiger partial charge in [0, 0.05) is 25.7 Å². The number of hydrogen-bond donors (Lipinski definition) is 3. The highest BCUT2D eigenvalue weighted by Crippen LogP contribution is 2.45. The molecule has 0 saturated carbocycles. The van der Waals surface area contributed by atoms with Crippen molar-refractivity contribution in [3.8, 4) is 0 Å². The minimum Gasteiger partial charge on any atom is -0.462 e. The molecule has 0 aliphatic rings. The van der Waals surface area contributed by atoms with Gasteiger partial charge in [-0.1, -0.05) is 402 Å². The van der Waals surface area contributed by atoms with Crippen molar-refractivity contribution in [1.29, 1.82) is 0 Å². The van der Waals surface area contributed by atoms with Crippen LogP contribution in [0.25, 0.3) is 0 Å². The lowest BCUT2D eigenvalue weighted by atomic mass is 9.99. The van der Waals surface area contributed by atoms with Gasteiger partial charge in [0.1, 0.15) is 19.3 Å². The summed E-state index contributed by atoms with van der Waals surface area (Å²) in [5.74, 6) is 1.09. The largest absolute Gasteiger partial charge is 0.472 e. The number of carbonyl (C=O) groups excluding carboxylic acids is 4. The van der Waals surface area contributed by atoms with Crippen LogP contribution >= 0.6 is 15.6 Å². The molecular formula is C87H170O17P2. The monoisotopic (exact) mass is 1550 g/mol. The molecule has 0 aliphatic heterocycles. The molecule has 0 aromatic rings. The fraction of sp³-hybridized carbons (Fsp3) is 0.954. The Kier molecular flexibility index (Phi) is 74.3. The predicted octanol–water partition coefficient (Wildman–Crippen LogP) is 26.3. The maximum atomic E-state index is 13.1. The van der Waals surface area contributed by atoms with Crippen molar-refractivity contribution in [2.24, 2.45) is 23.7 Å². The minimum absolute atomic E-state index is 0.106. The number of phosphoric acid groups is 2. The fourth-order valence-electron chi connectivity index (χ4n) is 13.4. The van der Waals surface area contributed by atoms with Crippen molar-refractivity contribution in [2.75, 3.05) is 39.6 Å². The van der Waals surface area contributed by atoms with Crippen LogP contribution in [0.2, 0.25) is 0 Å². The molecule has 106 heavy (non-hydrogen) atoms. The number of ether oxygens (including phenoxy) is 4. The molecule has 0 radical (unpaired) electrons. The van der Waals surface area contributed by atoms with Crippen LogP contribution in [0, 0.1) is 23.7 Å². The van der Waals surface area contributed by atoms with E-state index in [2.05, 4.69) is 55.4 Å². The molecule has 7 atom stereocenters. The van der Waals surface area contributed by atoms with Crippen molar-refractivity contribution in [1.82, 2.24) is 0 Å². The van der Waals surface area contributed by atoms with Gasteiger partial charge in [0.25, 0.3) is 0 Å². The van der Waals surface area contributed by atoms with Crippen molar-refractivity contribution >= 4 is 39.5 Å². The molecule has 4 unspecified atom stereocenters. The number of hydrogen-bond acceptors (Lipinski definition) is 15. The van der Waals surface area contributed by atoms with Gasteiger partial charge < -0.3 is 33.8 Å². The summed E-state index contributed by atoms with van der Waals surface area (Å²) >= 11 is 0. The highest BCUT2D eigenvalue weighted by atomic mass is 31.2. The Bertz CT molecular complexity index is 2060. The number of aliphatic hydroxyl groups is 1. The zero-order valence-corrected chi connectivity index (χ0v) is 71.9. The summed E-state index contributed by atoms with van der Waals surface area (Å²) in [6.45, 7) is 14.3. The number of phosphoric ester groups is 2. The van der Waals surface area contributed by atoms with E-state index in [-0.39, 0.29) is 25.7 Å². The molecule has 0 aromatic carbocycles. The SMILES string of the molecule is CCC(C)CCCCCCCCCCCCCCCCCCCCC(=O)OC[C@H](COP(=O)(O)OC[C@@H](O)COP(=O)(O)OC[C@@H](COC(=O)CCCCCCCCC(C)C)OC(=O)CCCCCCCCCCCCCCCCC(C)CC)OC(=O)CCCCCCCCCCCCCCCCC(C)C. The van der Waals surface area contributed by atoms with Crippen LogP contribution in [0.5, 0.6) is 0 Å². The molecule has 3 N–H and O–H groups in total. The Morgan fingerprint density at radius 1 is 0.264 bits per heavy atom. The first kappa shape index (κ1) is 104. The molecule has 0 rings (SSSR count). The van der Waals surface area contributed by atoms with Crippen LogP contribution in [0.3, 0.4) is 0 Å². The second-order valence-electron chi connectivity index (χ2n) is 32.7. The third kappa shape index (κ3) is 77.4. The van der Waals surface area contributed by atoms with Gasteiger partial charge in [-0.2, -0.15) is 0 Å². The number of esters is 4. The van der Waals surface area contributed by atoms with Crippen molar-refractivity contribution in [2.45, 2.75) is 472 Å². The molecule has 0 amide bonds. The van der Waals surface area contributed by atoms with Crippen LogP contribution < -0.4 is 0 Å². The average Bonchev–Trinajstić information content (AvgIpc) is 0.906. The summed E-state index contributed by atoms with van der Waals surface area (Å²) in [4.78, 5) is 73.2. The zero-order valence-electron chi connectivity index (χ0n) is 70.1. The van der Waals surface area contributed by atoms with Crippen LogP contribution in [-0.2, 0) is 65.4 Å². The van der Waals surface area contributed by atoms with Crippen LogP contribution in [-0.4, -0.2) is 96.7 Å². The summed E-state index contributed by atoms with van der Waals surface area (Å²) < 4.78 is 68.9. The average molecular weight is 1550 g/mol. The second kappa shape index (κ2) is 75.7. The molecule has 0 spiro atoms. The Balaban J connectivity index is 5.20. The third-order valence-corrected chi connectivity index (χ3v) is 22.9. The van der Waals surface area contributed by atoms with Gasteiger partial charge >= 0.3 is 39.5 Å². The molecule has 17 nitrogen and oxygen atoms in total. The second-order valence-corrected chi connectivity index (χ2v) is 35.6. The third-order valence-electron chi connectivity index (χ3n) is 21.0. The van der Waals surface area contributed by atoms with Crippen LogP contribution in [0.1, 0.15) is 453 Å². The Hall–Kier alpha value is -1.94. The first-order chi connectivity index (χ1) is 51.2. The van der Waals surface area contributed by atoms with Crippen molar-refractivity contribution in [3.05, 3.63) is 0 Å². The minimum atomic E-state index is -4.97. The van der Waals surface area contributed by atoms with E-state index in [0.717, 1.165) is 114 Å². The lowest BCUT2D eigenvalue weighted by molar-refractivity contribution is -0.161. The first-order valence-corrected chi connectivity index (χ1v) is 47.8. The Morgan fingerprint density at radius 2 is 0.453 bits per heavy atom. The number of carbonyl (C=O) groups is 4. The molecule has 0 fully saturated rings. The molecule has 0 aromatic heterocycles. The lowest BCUT2D eigenvalue weighted by Gasteiger charge is -2.21. The van der Waals surface area contributed by atoms with Gasteiger partial charge in [-0.05, 0) is 49.4 Å². The normalized spacial score (nSPS) is 14.4. The summed E-state index contributed by atoms with van der Waals surface area (Å²) in [6, 6.07) is 0. The maximum Gasteiger partial charge on any atom is 0.472 e. The van der Waals surface area contributed by atoms with Gasteiger partial charge in [-0.25, -0.2) is 9.13 Å². The van der Waals surface area contributed by atoms with E-state index in [1.54, 1.807) is 0 Å². The molecule has 0 bridgehead atoms. The van der Waals surface area contributed by atoms with E-state index in [4.69, 9.17) is 37.0 Å². The van der Waals surface area contributed by atoms with Gasteiger partial charge in [0.05, 0.1) is 26.4 Å². The van der Waals surface area contributed by atoms with Gasteiger partial charge in [0.15, 0.2) is 12.2 Å². The van der Waals surface area contributed by atoms with Crippen molar-refractivity contribution in [3.63, 3.8) is 0 Å². The van der Waals surface area contributed by atoms with E-state index >= 15 is 0 Å². The summed E-state index contributed by atoms with van der Waals surface area (Å²) in [6.07, 6.45) is 65.4. The van der Waals surface area contributed by atoms with E-state index in [1.165, 1.54) is 250 Å². The van der Waals surface area contributed by atoms with E-state index in [1.807, 2.05) is 0 Å². The molecule has 0 saturated heterocycles. The van der Waals surface area contributed by atoms with Crippen molar-refractivity contribution < 1.29 is 80.2 Å². The molecular weight excluding hydrogens is 1380 g/mol. The maximum absolute atomic E-state index is 13.1. The smallest absolute Gasteiger partial charge is 0.462 e. The quantitative estimate of drug-likeness (QED) is 0.0222. The predicted molar refractivity (Wildman–Crippen MR) is 437 cm³/mol. The Labute approximate surface area is 651 Å². The first-order valence-electron chi connectivity index (χ1n) is 44.8. The van der Waals surface area contributed by atoms with E-state index in [9.17, 15) is 43.2 Å². The number of aliphatic hydroxyl groups excluding tert-OH is 1. The zero-order chi connectivity index (χ0) is 78.1. The fourth-order valence-corrected chi connectivity index (χ4v) is 15.0.